The van der Waals surface area contributed by atoms with Gasteiger partial charge in [-0.15, -0.1) is 0 Å². The van der Waals surface area contributed by atoms with Crippen LogP contribution >= 0.6 is 0 Å². The number of rotatable bonds is 0. The van der Waals surface area contributed by atoms with Gasteiger partial charge in [0.2, 0.25) is 0 Å². The normalized spacial score (nSPS) is 50.4. The molecular formula is C15H23N. The van der Waals surface area contributed by atoms with Gasteiger partial charge in [0.15, 0.2) is 0 Å². The highest BCUT2D eigenvalue weighted by Gasteiger charge is 2.57. The van der Waals surface area contributed by atoms with Gasteiger partial charge in [-0.1, -0.05) is 20.8 Å². The number of fused-ring (bicyclic) bond motifs is 5. The predicted molar refractivity (Wildman–Crippen MR) is 64.5 cm³/mol. The highest BCUT2D eigenvalue weighted by atomic mass is 14.6. The molecule has 6 atom stereocenters. The van der Waals surface area contributed by atoms with Crippen LogP contribution in [0.4, 0.5) is 0 Å². The summed E-state index contributed by atoms with van der Waals surface area (Å²) >= 11 is 0. The Labute approximate surface area is 99.2 Å². The molecule has 0 aromatic rings. The second-order valence-electron chi connectivity index (χ2n) is 7.49. The maximum Gasteiger partial charge on any atom is 0.0656 e. The highest BCUT2D eigenvalue weighted by Crippen LogP contribution is 2.64. The molecule has 1 heteroatoms. The van der Waals surface area contributed by atoms with Gasteiger partial charge in [-0.05, 0) is 60.7 Å². The quantitative estimate of drug-likeness (QED) is 0.604. The van der Waals surface area contributed by atoms with Gasteiger partial charge in [0.05, 0.1) is 6.07 Å². The fraction of sp³-hybridized carbons (Fsp3) is 0.933. The standard InChI is InChI=1S/C15H23N/c1-15(2,3)14-7-10-6-13(14)12-5-9(8-16)4-11(10)12/h9-14H,4-7H2,1-3H3. The minimum absolute atomic E-state index is 0.388. The summed E-state index contributed by atoms with van der Waals surface area (Å²) in [6.07, 6.45) is 5.37. The van der Waals surface area contributed by atoms with E-state index < -0.39 is 0 Å². The lowest BCUT2D eigenvalue weighted by atomic mass is 9.66. The van der Waals surface area contributed by atoms with Crippen LogP contribution in [-0.2, 0) is 0 Å². The molecule has 0 aromatic heterocycles. The molecule has 2 bridgehead atoms. The molecule has 0 radical (unpaired) electrons. The van der Waals surface area contributed by atoms with Gasteiger partial charge < -0.3 is 0 Å². The molecule has 6 unspecified atom stereocenters. The second kappa shape index (κ2) is 3.25. The summed E-state index contributed by atoms with van der Waals surface area (Å²) < 4.78 is 0. The molecule has 3 aliphatic rings. The molecule has 0 aliphatic heterocycles. The summed E-state index contributed by atoms with van der Waals surface area (Å²) in [6, 6.07) is 2.51. The molecule has 0 aromatic carbocycles. The number of nitriles is 1. The minimum atomic E-state index is 0.388. The molecule has 88 valence electrons. The van der Waals surface area contributed by atoms with E-state index in [1.165, 1.54) is 25.7 Å². The molecule has 3 aliphatic carbocycles. The fourth-order valence-electron chi connectivity index (χ4n) is 5.17. The lowest BCUT2D eigenvalue weighted by molar-refractivity contribution is 0.0959. The molecule has 3 rings (SSSR count). The fourth-order valence-corrected chi connectivity index (χ4v) is 5.17. The van der Waals surface area contributed by atoms with Gasteiger partial charge in [0.1, 0.15) is 0 Å². The van der Waals surface area contributed by atoms with E-state index in [1.54, 1.807) is 0 Å². The van der Waals surface area contributed by atoms with E-state index in [0.29, 0.717) is 11.3 Å². The molecule has 0 spiro atoms. The van der Waals surface area contributed by atoms with Crippen LogP contribution in [-0.4, -0.2) is 0 Å². The van der Waals surface area contributed by atoms with E-state index in [1.807, 2.05) is 0 Å². The van der Waals surface area contributed by atoms with Crippen molar-refractivity contribution in [3.05, 3.63) is 0 Å². The Morgan fingerprint density at radius 2 is 1.62 bits per heavy atom. The first-order valence-corrected chi connectivity index (χ1v) is 6.90. The zero-order valence-electron chi connectivity index (χ0n) is 10.7. The third-order valence-corrected chi connectivity index (χ3v) is 5.76. The van der Waals surface area contributed by atoms with E-state index in [2.05, 4.69) is 26.8 Å². The summed E-state index contributed by atoms with van der Waals surface area (Å²) in [4.78, 5) is 0. The largest absolute Gasteiger partial charge is 0.198 e. The van der Waals surface area contributed by atoms with E-state index >= 15 is 0 Å². The molecule has 0 amide bonds. The van der Waals surface area contributed by atoms with Crippen molar-refractivity contribution in [3.63, 3.8) is 0 Å². The van der Waals surface area contributed by atoms with E-state index in [-0.39, 0.29) is 0 Å². The van der Waals surface area contributed by atoms with Crippen LogP contribution in [0.5, 0.6) is 0 Å². The monoisotopic (exact) mass is 217 g/mol. The van der Waals surface area contributed by atoms with Crippen LogP contribution in [0, 0.1) is 52.3 Å². The number of hydrogen-bond donors (Lipinski definition) is 0. The molecule has 0 heterocycles. The van der Waals surface area contributed by atoms with Gasteiger partial charge in [0.25, 0.3) is 0 Å². The van der Waals surface area contributed by atoms with Gasteiger partial charge in [-0.2, -0.15) is 5.26 Å². The van der Waals surface area contributed by atoms with Gasteiger partial charge >= 0.3 is 0 Å². The molecule has 3 fully saturated rings. The average Bonchev–Trinajstić information content (AvgIpc) is 2.86. The van der Waals surface area contributed by atoms with Crippen LogP contribution < -0.4 is 0 Å². The first kappa shape index (κ1) is 10.6. The SMILES string of the molecule is CC(C)(C)C1CC2CC1C1CC(C#N)CC21. The van der Waals surface area contributed by atoms with Crippen molar-refractivity contribution in [3.8, 4) is 6.07 Å². The van der Waals surface area contributed by atoms with E-state index in [0.717, 1.165) is 29.6 Å². The smallest absolute Gasteiger partial charge is 0.0656 e. The van der Waals surface area contributed by atoms with Crippen LogP contribution in [0.25, 0.3) is 0 Å². The van der Waals surface area contributed by atoms with Crippen molar-refractivity contribution in [1.82, 2.24) is 0 Å². The summed E-state index contributed by atoms with van der Waals surface area (Å²) in [5.41, 5.74) is 0.481. The molecule has 1 nitrogen and oxygen atoms in total. The molecule has 3 saturated carbocycles. The second-order valence-corrected chi connectivity index (χ2v) is 7.49. The summed E-state index contributed by atoms with van der Waals surface area (Å²) in [5, 5.41) is 9.09. The zero-order chi connectivity index (χ0) is 11.5. The number of hydrogen-bond acceptors (Lipinski definition) is 1. The van der Waals surface area contributed by atoms with Gasteiger partial charge in [-0.3, -0.25) is 0 Å². The van der Waals surface area contributed by atoms with Gasteiger partial charge in [0, 0.05) is 5.92 Å². The average molecular weight is 217 g/mol. The Kier molecular flexibility index (Phi) is 2.16. The molecule has 16 heavy (non-hydrogen) atoms. The van der Waals surface area contributed by atoms with E-state index in [9.17, 15) is 0 Å². The predicted octanol–water partition coefficient (Wildman–Crippen LogP) is 3.85. The van der Waals surface area contributed by atoms with Crippen molar-refractivity contribution in [1.29, 1.82) is 5.26 Å². The minimum Gasteiger partial charge on any atom is -0.198 e. The first-order chi connectivity index (χ1) is 7.50. The first-order valence-electron chi connectivity index (χ1n) is 6.90. The Bertz CT molecular complexity index is 332. The molecule has 0 saturated heterocycles. The van der Waals surface area contributed by atoms with Crippen molar-refractivity contribution < 1.29 is 0 Å². The zero-order valence-corrected chi connectivity index (χ0v) is 10.7. The lowest BCUT2D eigenvalue weighted by Crippen LogP contribution is -2.32. The highest BCUT2D eigenvalue weighted by molar-refractivity contribution is 5.09. The maximum atomic E-state index is 9.09. The molecule has 0 N–H and O–H groups in total. The van der Waals surface area contributed by atoms with Crippen molar-refractivity contribution in [2.24, 2.45) is 40.9 Å². The molecular weight excluding hydrogens is 194 g/mol. The maximum absolute atomic E-state index is 9.09. The Morgan fingerprint density at radius 1 is 0.938 bits per heavy atom. The summed E-state index contributed by atoms with van der Waals surface area (Å²) in [6.45, 7) is 7.22. The summed E-state index contributed by atoms with van der Waals surface area (Å²) in [7, 11) is 0. The van der Waals surface area contributed by atoms with Crippen LogP contribution in [0.3, 0.4) is 0 Å². The topological polar surface area (TPSA) is 23.8 Å². The number of nitrogens with zero attached hydrogens (tertiary/aromatic N) is 1. The van der Waals surface area contributed by atoms with Crippen molar-refractivity contribution in [2.45, 2.75) is 46.5 Å². The van der Waals surface area contributed by atoms with Crippen LogP contribution in [0.2, 0.25) is 0 Å². The van der Waals surface area contributed by atoms with Crippen LogP contribution in [0.15, 0.2) is 0 Å². The third kappa shape index (κ3) is 1.35. The van der Waals surface area contributed by atoms with Gasteiger partial charge in [-0.25, -0.2) is 0 Å². The van der Waals surface area contributed by atoms with E-state index in [4.69, 9.17) is 5.26 Å². The van der Waals surface area contributed by atoms with Crippen molar-refractivity contribution in [2.75, 3.05) is 0 Å². The Hall–Kier alpha value is -0.510. The third-order valence-electron chi connectivity index (χ3n) is 5.76. The van der Waals surface area contributed by atoms with Crippen molar-refractivity contribution >= 4 is 0 Å². The summed E-state index contributed by atoms with van der Waals surface area (Å²) in [5.74, 6) is 5.07. The van der Waals surface area contributed by atoms with Crippen LogP contribution in [0.1, 0.15) is 46.5 Å². The lowest BCUT2D eigenvalue weighted by Gasteiger charge is -2.39. The Morgan fingerprint density at radius 3 is 2.25 bits per heavy atom. The Balaban J connectivity index is 1.81.